The van der Waals surface area contributed by atoms with Gasteiger partial charge in [-0.1, -0.05) is 18.3 Å². The first kappa shape index (κ1) is 14.0. The van der Waals surface area contributed by atoms with Crippen LogP contribution in [-0.4, -0.2) is 36.4 Å². The summed E-state index contributed by atoms with van der Waals surface area (Å²) < 4.78 is 42.0. The number of anilines is 1. The summed E-state index contributed by atoms with van der Waals surface area (Å²) in [6, 6.07) is 0. The van der Waals surface area contributed by atoms with Crippen molar-refractivity contribution in [2.24, 2.45) is 11.8 Å². The van der Waals surface area contributed by atoms with E-state index in [-0.39, 0.29) is 22.9 Å². The van der Waals surface area contributed by atoms with E-state index in [1.165, 1.54) is 7.11 Å². The zero-order valence-corrected chi connectivity index (χ0v) is 11.1. The monoisotopic (exact) mass is 295 g/mol. The van der Waals surface area contributed by atoms with Crippen LogP contribution in [0, 0.1) is 11.8 Å². The van der Waals surface area contributed by atoms with E-state index in [4.69, 9.17) is 0 Å². The molecule has 0 N–H and O–H groups in total. The third-order valence-electron chi connectivity index (χ3n) is 3.04. The smallest absolute Gasteiger partial charge is 0.445 e. The fraction of sp³-hybridized carbons (Fsp3) is 0.700. The van der Waals surface area contributed by atoms with Gasteiger partial charge in [-0.25, -0.2) is 0 Å². The van der Waals surface area contributed by atoms with E-state index in [1.54, 1.807) is 4.90 Å². The molecule has 1 aliphatic heterocycles. The molecule has 0 saturated carbocycles. The van der Waals surface area contributed by atoms with Crippen LogP contribution >= 0.6 is 11.3 Å². The minimum absolute atomic E-state index is 0.00527. The highest BCUT2D eigenvalue weighted by atomic mass is 32.1. The number of carbonyl (C=O) groups excluding carboxylic acids is 1. The molecule has 9 heteroatoms. The predicted molar refractivity (Wildman–Crippen MR) is 61.8 cm³/mol. The van der Waals surface area contributed by atoms with Crippen LogP contribution in [0.5, 0.6) is 0 Å². The lowest BCUT2D eigenvalue weighted by atomic mass is 9.99. The fourth-order valence-corrected chi connectivity index (χ4v) is 2.77. The summed E-state index contributed by atoms with van der Waals surface area (Å²) in [6.45, 7) is 2.62. The molecule has 2 atom stereocenters. The van der Waals surface area contributed by atoms with Gasteiger partial charge < -0.3 is 9.64 Å². The van der Waals surface area contributed by atoms with Gasteiger partial charge in [0.15, 0.2) is 0 Å². The van der Waals surface area contributed by atoms with Crippen molar-refractivity contribution in [1.82, 2.24) is 10.2 Å². The van der Waals surface area contributed by atoms with Crippen LogP contribution in [-0.2, 0) is 15.7 Å². The van der Waals surface area contributed by atoms with E-state index < -0.39 is 11.2 Å². The minimum atomic E-state index is -4.48. The molecule has 2 heterocycles. The van der Waals surface area contributed by atoms with Crippen LogP contribution in [0.3, 0.4) is 0 Å². The Bertz CT molecular complexity index is 477. The highest BCUT2D eigenvalue weighted by molar-refractivity contribution is 7.15. The minimum Gasteiger partial charge on any atom is -0.469 e. The Morgan fingerprint density at radius 3 is 2.63 bits per heavy atom. The molecule has 0 radical (unpaired) electrons. The van der Waals surface area contributed by atoms with Crippen molar-refractivity contribution < 1.29 is 22.7 Å². The SMILES string of the molecule is COC(=O)C1CN(c2nnc(C(F)(F)F)s2)CC1C. The van der Waals surface area contributed by atoms with Gasteiger partial charge >= 0.3 is 12.1 Å². The van der Waals surface area contributed by atoms with Crippen LogP contribution in [0.15, 0.2) is 0 Å². The molecule has 106 valence electrons. The Balaban J connectivity index is 2.12. The molecule has 0 amide bonds. The number of ether oxygens (including phenoxy) is 1. The van der Waals surface area contributed by atoms with E-state index >= 15 is 0 Å². The van der Waals surface area contributed by atoms with Gasteiger partial charge in [-0.3, -0.25) is 4.79 Å². The van der Waals surface area contributed by atoms with Gasteiger partial charge in [0.1, 0.15) is 0 Å². The number of aromatic nitrogens is 2. The van der Waals surface area contributed by atoms with Crippen molar-refractivity contribution in [1.29, 1.82) is 0 Å². The number of rotatable bonds is 2. The van der Waals surface area contributed by atoms with Crippen LogP contribution in [0.25, 0.3) is 0 Å². The molecule has 2 unspecified atom stereocenters. The van der Waals surface area contributed by atoms with Crippen molar-refractivity contribution in [2.75, 3.05) is 25.1 Å². The Hall–Kier alpha value is -1.38. The second-order valence-corrected chi connectivity index (χ2v) is 5.36. The molecule has 0 aliphatic carbocycles. The number of hydrogen-bond donors (Lipinski definition) is 0. The Morgan fingerprint density at radius 1 is 1.42 bits per heavy atom. The van der Waals surface area contributed by atoms with Crippen LogP contribution in [0.1, 0.15) is 11.9 Å². The predicted octanol–water partition coefficient (Wildman–Crippen LogP) is 1.80. The largest absolute Gasteiger partial charge is 0.469 e. The summed E-state index contributed by atoms with van der Waals surface area (Å²) in [7, 11) is 1.30. The molecular weight excluding hydrogens is 283 g/mol. The second kappa shape index (κ2) is 4.95. The summed E-state index contributed by atoms with van der Waals surface area (Å²) in [4.78, 5) is 13.1. The van der Waals surface area contributed by atoms with Gasteiger partial charge in [0.05, 0.1) is 13.0 Å². The summed E-state index contributed by atoms with van der Waals surface area (Å²) in [5, 5.41) is 5.88. The van der Waals surface area contributed by atoms with Gasteiger partial charge in [0.2, 0.25) is 10.1 Å². The molecule has 5 nitrogen and oxygen atoms in total. The number of methoxy groups -OCH3 is 1. The summed E-state index contributed by atoms with van der Waals surface area (Å²) in [6.07, 6.45) is -4.48. The molecular formula is C10H12F3N3O2S. The Kier molecular flexibility index (Phi) is 3.66. The molecule has 1 aromatic heterocycles. The van der Waals surface area contributed by atoms with E-state index in [2.05, 4.69) is 14.9 Å². The number of hydrogen-bond acceptors (Lipinski definition) is 6. The first-order chi connectivity index (χ1) is 8.82. The van der Waals surface area contributed by atoms with Gasteiger partial charge in [0, 0.05) is 13.1 Å². The third kappa shape index (κ3) is 2.80. The zero-order valence-electron chi connectivity index (χ0n) is 10.3. The highest BCUT2D eigenvalue weighted by Gasteiger charge is 2.40. The molecule has 19 heavy (non-hydrogen) atoms. The lowest BCUT2D eigenvalue weighted by Crippen LogP contribution is -2.24. The average Bonchev–Trinajstić information content (AvgIpc) is 2.93. The normalized spacial score (nSPS) is 23.7. The van der Waals surface area contributed by atoms with E-state index in [1.807, 2.05) is 6.92 Å². The third-order valence-corrected chi connectivity index (χ3v) is 4.07. The molecule has 2 rings (SSSR count). The number of halogens is 3. The molecule has 0 bridgehead atoms. The standard InChI is InChI=1S/C10H12F3N3O2S/c1-5-3-16(4-6(5)7(17)18-2)9-15-14-8(19-9)10(11,12)13/h5-6H,3-4H2,1-2H3. The maximum absolute atomic E-state index is 12.4. The number of alkyl halides is 3. The molecule has 1 aromatic rings. The van der Waals surface area contributed by atoms with E-state index in [0.717, 1.165) is 0 Å². The maximum Gasteiger partial charge on any atom is 0.445 e. The Labute approximate surface area is 111 Å². The van der Waals surface area contributed by atoms with Gasteiger partial charge in [-0.2, -0.15) is 13.2 Å². The molecule has 0 aromatic carbocycles. The fourth-order valence-electron chi connectivity index (χ4n) is 2.04. The van der Waals surface area contributed by atoms with Crippen molar-refractivity contribution in [3.05, 3.63) is 5.01 Å². The lowest BCUT2D eigenvalue weighted by molar-refractivity contribution is -0.145. The topological polar surface area (TPSA) is 55.3 Å². The number of esters is 1. The van der Waals surface area contributed by atoms with Gasteiger partial charge in [-0.05, 0) is 5.92 Å². The quantitative estimate of drug-likeness (QED) is 0.779. The zero-order chi connectivity index (χ0) is 14.2. The molecule has 1 aliphatic rings. The highest BCUT2D eigenvalue weighted by Crippen LogP contribution is 2.36. The van der Waals surface area contributed by atoms with Crippen molar-refractivity contribution in [3.63, 3.8) is 0 Å². The first-order valence-corrected chi connectivity index (χ1v) is 6.38. The lowest BCUT2D eigenvalue weighted by Gasteiger charge is -2.12. The number of nitrogens with zero attached hydrogens (tertiary/aromatic N) is 3. The van der Waals surface area contributed by atoms with Gasteiger partial charge in [0.25, 0.3) is 0 Å². The van der Waals surface area contributed by atoms with E-state index in [9.17, 15) is 18.0 Å². The van der Waals surface area contributed by atoms with Crippen LogP contribution in [0.4, 0.5) is 18.3 Å². The van der Waals surface area contributed by atoms with Crippen molar-refractivity contribution in [3.8, 4) is 0 Å². The van der Waals surface area contributed by atoms with Crippen molar-refractivity contribution in [2.45, 2.75) is 13.1 Å². The van der Waals surface area contributed by atoms with Crippen LogP contribution < -0.4 is 4.90 Å². The van der Waals surface area contributed by atoms with Gasteiger partial charge in [-0.15, -0.1) is 10.2 Å². The Morgan fingerprint density at radius 2 is 2.11 bits per heavy atom. The molecule has 1 fully saturated rings. The first-order valence-electron chi connectivity index (χ1n) is 5.56. The van der Waals surface area contributed by atoms with Crippen LogP contribution in [0.2, 0.25) is 0 Å². The summed E-state index contributed by atoms with van der Waals surface area (Å²) in [5.41, 5.74) is 0. The average molecular weight is 295 g/mol. The van der Waals surface area contributed by atoms with E-state index in [0.29, 0.717) is 24.4 Å². The molecule has 1 saturated heterocycles. The molecule has 0 spiro atoms. The van der Waals surface area contributed by atoms with Crippen molar-refractivity contribution >= 4 is 22.4 Å². The second-order valence-electron chi connectivity index (χ2n) is 4.40. The summed E-state index contributed by atoms with van der Waals surface area (Å²) >= 11 is 0.487. The maximum atomic E-state index is 12.4. The summed E-state index contributed by atoms with van der Waals surface area (Å²) in [5.74, 6) is -0.690. The number of carbonyl (C=O) groups is 1.